The zero-order valence-electron chi connectivity index (χ0n) is 17.5. The van der Waals surface area contributed by atoms with Gasteiger partial charge in [0.2, 0.25) is 0 Å². The fourth-order valence-electron chi connectivity index (χ4n) is 3.49. The van der Waals surface area contributed by atoms with E-state index in [0.29, 0.717) is 39.8 Å². The van der Waals surface area contributed by atoms with Gasteiger partial charge in [-0.3, -0.25) is 4.79 Å². The quantitative estimate of drug-likeness (QED) is 0.509. The molecule has 1 N–H and O–H groups in total. The van der Waals surface area contributed by atoms with Gasteiger partial charge in [0.15, 0.2) is 11.6 Å². The number of rotatable bonds is 8. The van der Waals surface area contributed by atoms with Crippen LogP contribution in [0.3, 0.4) is 0 Å². The molecular formula is C22H20F2N2O5S2. The number of thiazole rings is 1. The summed E-state index contributed by atoms with van der Waals surface area (Å²) in [5.41, 5.74) is 1.70. The van der Waals surface area contributed by atoms with Crippen molar-refractivity contribution in [2.45, 2.75) is 25.6 Å². The number of ether oxygens (including phenoxy) is 2. The molecule has 1 aromatic heterocycles. The summed E-state index contributed by atoms with van der Waals surface area (Å²) in [6.45, 7) is 0.398. The minimum atomic E-state index is -1.33. The van der Waals surface area contributed by atoms with Gasteiger partial charge in [0.1, 0.15) is 29.2 Å². The summed E-state index contributed by atoms with van der Waals surface area (Å²) >= 11 is 1.37. The van der Waals surface area contributed by atoms with Crippen molar-refractivity contribution in [2.75, 3.05) is 12.9 Å². The molecule has 174 valence electrons. The van der Waals surface area contributed by atoms with E-state index in [9.17, 15) is 22.9 Å². The number of carbonyl (C=O) groups is 1. The van der Waals surface area contributed by atoms with Gasteiger partial charge in [-0.05, 0) is 30.2 Å². The number of carboxylic acids is 1. The standard InChI is InChI=1S/C22H20F2N2O5S2/c1-30-20-9-18(24)17(23)8-16(20)13-2-4-15(5-3-13)31-11-21-25-14(12-32-21)10-26-19(22(27)28)6-7-33(26)29/h2-5,8-9,12,19H,6-7,10-11H2,1H3,(H,27,28). The average Bonchev–Trinajstić information content (AvgIpc) is 3.41. The van der Waals surface area contributed by atoms with Crippen molar-refractivity contribution in [1.29, 1.82) is 0 Å². The van der Waals surface area contributed by atoms with Crippen molar-refractivity contribution in [1.82, 2.24) is 9.29 Å². The van der Waals surface area contributed by atoms with Crippen LogP contribution in [-0.4, -0.2) is 43.5 Å². The third-order valence-corrected chi connectivity index (χ3v) is 7.51. The van der Waals surface area contributed by atoms with Crippen LogP contribution in [0.1, 0.15) is 17.1 Å². The van der Waals surface area contributed by atoms with E-state index >= 15 is 0 Å². The maximum Gasteiger partial charge on any atom is 0.321 e. The zero-order chi connectivity index (χ0) is 23.5. The van der Waals surface area contributed by atoms with Crippen LogP contribution in [0, 0.1) is 11.6 Å². The number of halogens is 2. The second-order valence-electron chi connectivity index (χ2n) is 7.26. The Morgan fingerprint density at radius 1 is 1.27 bits per heavy atom. The lowest BCUT2D eigenvalue weighted by molar-refractivity contribution is -0.141. The third-order valence-electron chi connectivity index (χ3n) is 5.15. The molecule has 7 nitrogen and oxygen atoms in total. The SMILES string of the molecule is COc1cc(F)c(F)cc1-c1ccc(OCc2nc(CN3C(C(=O)O)CCS3=O)cs2)cc1. The minimum Gasteiger partial charge on any atom is -0.496 e. The van der Waals surface area contributed by atoms with Crippen LogP contribution in [0.5, 0.6) is 11.5 Å². The fourth-order valence-corrected chi connectivity index (χ4v) is 5.60. The van der Waals surface area contributed by atoms with Crippen LogP contribution in [0.4, 0.5) is 8.78 Å². The largest absolute Gasteiger partial charge is 0.496 e. The van der Waals surface area contributed by atoms with Gasteiger partial charge in [0.25, 0.3) is 0 Å². The lowest BCUT2D eigenvalue weighted by Crippen LogP contribution is -2.35. The number of nitrogens with zero attached hydrogens (tertiary/aromatic N) is 2. The van der Waals surface area contributed by atoms with Crippen LogP contribution in [0.25, 0.3) is 11.1 Å². The average molecular weight is 495 g/mol. The number of hydrogen-bond acceptors (Lipinski definition) is 6. The van der Waals surface area contributed by atoms with Crippen LogP contribution in [-0.2, 0) is 28.9 Å². The Morgan fingerprint density at radius 3 is 2.70 bits per heavy atom. The highest BCUT2D eigenvalue weighted by atomic mass is 32.2. The highest BCUT2D eigenvalue weighted by Gasteiger charge is 2.36. The number of methoxy groups -OCH3 is 1. The molecule has 2 aromatic carbocycles. The molecule has 0 bridgehead atoms. The van der Waals surface area contributed by atoms with E-state index in [1.54, 1.807) is 29.6 Å². The van der Waals surface area contributed by atoms with Crippen molar-refractivity contribution in [3.63, 3.8) is 0 Å². The van der Waals surface area contributed by atoms with Crippen LogP contribution in [0.15, 0.2) is 41.8 Å². The predicted octanol–water partition coefficient (Wildman–Crippen LogP) is 4.00. The molecule has 1 saturated heterocycles. The lowest BCUT2D eigenvalue weighted by Gasteiger charge is -2.17. The van der Waals surface area contributed by atoms with Crippen molar-refractivity contribution >= 4 is 28.3 Å². The summed E-state index contributed by atoms with van der Waals surface area (Å²) in [5.74, 6) is -1.80. The smallest absolute Gasteiger partial charge is 0.321 e. The Hall–Kier alpha value is -2.89. The summed E-state index contributed by atoms with van der Waals surface area (Å²) in [6, 6.07) is 8.16. The molecule has 1 aliphatic heterocycles. The second kappa shape index (κ2) is 9.94. The molecule has 0 spiro atoms. The Balaban J connectivity index is 1.39. The maximum absolute atomic E-state index is 13.7. The number of hydrogen-bond donors (Lipinski definition) is 1. The highest BCUT2D eigenvalue weighted by Crippen LogP contribution is 2.33. The Bertz CT molecular complexity index is 1190. The summed E-state index contributed by atoms with van der Waals surface area (Å²) in [5, 5.41) is 11.8. The van der Waals surface area contributed by atoms with Gasteiger partial charge in [-0.2, -0.15) is 0 Å². The van der Waals surface area contributed by atoms with Gasteiger partial charge in [-0.1, -0.05) is 12.1 Å². The van der Waals surface area contributed by atoms with E-state index in [-0.39, 0.29) is 18.9 Å². The molecule has 4 rings (SSSR count). The zero-order valence-corrected chi connectivity index (χ0v) is 19.1. The predicted molar refractivity (Wildman–Crippen MR) is 119 cm³/mol. The van der Waals surface area contributed by atoms with Crippen LogP contribution in [0.2, 0.25) is 0 Å². The van der Waals surface area contributed by atoms with E-state index in [1.807, 2.05) is 0 Å². The van der Waals surface area contributed by atoms with Crippen molar-refractivity contribution < 1.29 is 32.4 Å². The first-order valence-electron chi connectivity index (χ1n) is 9.93. The summed E-state index contributed by atoms with van der Waals surface area (Å²) in [6.07, 6.45) is 0.356. The van der Waals surface area contributed by atoms with E-state index in [2.05, 4.69) is 4.98 Å². The van der Waals surface area contributed by atoms with Crippen LogP contribution >= 0.6 is 11.3 Å². The van der Waals surface area contributed by atoms with E-state index in [4.69, 9.17) is 9.47 Å². The molecular weight excluding hydrogens is 474 g/mol. The first-order chi connectivity index (χ1) is 15.9. The summed E-state index contributed by atoms with van der Waals surface area (Å²) in [4.78, 5) is 15.8. The molecule has 11 heteroatoms. The van der Waals surface area contributed by atoms with E-state index < -0.39 is 34.6 Å². The van der Waals surface area contributed by atoms with Crippen molar-refractivity contribution in [3.8, 4) is 22.6 Å². The maximum atomic E-state index is 13.7. The molecule has 0 radical (unpaired) electrons. The van der Waals surface area contributed by atoms with E-state index in [0.717, 1.165) is 12.1 Å². The molecule has 3 aromatic rings. The molecule has 2 heterocycles. The first-order valence-corrected chi connectivity index (χ1v) is 12.1. The molecule has 1 aliphatic rings. The number of carboxylic acid groups (broad SMARTS) is 1. The summed E-state index contributed by atoms with van der Waals surface area (Å²) < 4.78 is 51.6. The Morgan fingerprint density at radius 2 is 2.00 bits per heavy atom. The topological polar surface area (TPSA) is 89.0 Å². The molecule has 2 unspecified atom stereocenters. The minimum absolute atomic E-state index is 0.198. The van der Waals surface area contributed by atoms with E-state index in [1.165, 1.54) is 22.8 Å². The molecule has 2 atom stereocenters. The van der Waals surface area contributed by atoms with Crippen molar-refractivity contribution in [2.24, 2.45) is 0 Å². The molecule has 0 aliphatic carbocycles. The number of aromatic nitrogens is 1. The van der Waals surface area contributed by atoms with Crippen LogP contribution < -0.4 is 9.47 Å². The Labute approximate surface area is 195 Å². The number of benzene rings is 2. The highest BCUT2D eigenvalue weighted by molar-refractivity contribution is 7.82. The van der Waals surface area contributed by atoms with Gasteiger partial charge in [0, 0.05) is 22.8 Å². The fraction of sp³-hybridized carbons (Fsp3) is 0.273. The Kier molecular flexibility index (Phi) is 7.01. The first kappa shape index (κ1) is 23.3. The van der Waals surface area contributed by atoms with Gasteiger partial charge >= 0.3 is 5.97 Å². The molecule has 0 saturated carbocycles. The number of aliphatic carboxylic acids is 1. The third kappa shape index (κ3) is 5.21. The lowest BCUT2D eigenvalue weighted by atomic mass is 10.0. The van der Waals surface area contributed by atoms with Gasteiger partial charge in [0.05, 0.1) is 30.3 Å². The summed E-state index contributed by atoms with van der Waals surface area (Å²) in [7, 11) is 0.0612. The normalized spacial score (nSPS) is 18.4. The second-order valence-corrected chi connectivity index (χ2v) is 9.72. The molecule has 1 fully saturated rings. The van der Waals surface area contributed by atoms with Gasteiger partial charge in [-0.15, -0.1) is 11.3 Å². The van der Waals surface area contributed by atoms with Gasteiger partial charge in [-0.25, -0.2) is 22.3 Å². The monoisotopic (exact) mass is 494 g/mol. The van der Waals surface area contributed by atoms with Crippen molar-refractivity contribution in [3.05, 3.63) is 64.1 Å². The van der Waals surface area contributed by atoms with Gasteiger partial charge < -0.3 is 14.6 Å². The molecule has 33 heavy (non-hydrogen) atoms. The molecule has 0 amide bonds.